The number of hydrogen-bond acceptors (Lipinski definition) is 2. The molecule has 2 saturated carbocycles. The molecule has 0 aromatic carbocycles. The highest BCUT2D eigenvalue weighted by Gasteiger charge is 2.39. The van der Waals surface area contributed by atoms with Gasteiger partial charge in [-0.3, -0.25) is 0 Å². The van der Waals surface area contributed by atoms with Crippen LogP contribution in [0.15, 0.2) is 0 Å². The minimum Gasteiger partial charge on any atom is -0.314 e. The summed E-state index contributed by atoms with van der Waals surface area (Å²) in [6.07, 6.45) is 7.00. The molecular formula is C15H24BrN3. The first-order chi connectivity index (χ1) is 9.17. The lowest BCUT2D eigenvalue weighted by Crippen LogP contribution is -2.18. The normalized spacial score (nSPS) is 29.6. The van der Waals surface area contributed by atoms with Crippen LogP contribution in [0, 0.1) is 23.7 Å². The van der Waals surface area contributed by atoms with Gasteiger partial charge >= 0.3 is 0 Å². The van der Waals surface area contributed by atoms with E-state index < -0.39 is 0 Å². The molecule has 3 nitrogen and oxygen atoms in total. The van der Waals surface area contributed by atoms with E-state index in [1.807, 2.05) is 0 Å². The first-order valence-corrected chi connectivity index (χ1v) is 8.76. The highest BCUT2D eigenvalue weighted by atomic mass is 79.9. The largest absolute Gasteiger partial charge is 0.314 e. The maximum Gasteiger partial charge on any atom is 0.143 e. The fraction of sp³-hybridized carbons (Fsp3) is 0.867. The van der Waals surface area contributed by atoms with Gasteiger partial charge in [-0.25, -0.2) is 0 Å². The summed E-state index contributed by atoms with van der Waals surface area (Å²) in [6.45, 7) is 5.57. The van der Waals surface area contributed by atoms with E-state index in [4.69, 9.17) is 0 Å². The molecule has 0 spiro atoms. The fourth-order valence-electron chi connectivity index (χ4n) is 4.06. The van der Waals surface area contributed by atoms with Gasteiger partial charge in [-0.05, 0) is 42.9 Å². The maximum absolute atomic E-state index is 4.47. The highest BCUT2D eigenvalue weighted by Crippen LogP contribution is 2.49. The van der Waals surface area contributed by atoms with E-state index in [0.29, 0.717) is 5.92 Å². The standard InChI is InChI=1S/C15H24BrN3/c1-10(2)9-19-14(17-18-15(19)8-16)7-13-6-11-3-4-12(13)5-11/h10-13H,3-9H2,1-2H3. The van der Waals surface area contributed by atoms with Crippen LogP contribution >= 0.6 is 15.9 Å². The van der Waals surface area contributed by atoms with Crippen LogP contribution in [0.1, 0.15) is 51.2 Å². The summed E-state index contributed by atoms with van der Waals surface area (Å²) in [7, 11) is 0. The van der Waals surface area contributed by atoms with Crippen LogP contribution in [0.2, 0.25) is 0 Å². The van der Waals surface area contributed by atoms with Crippen molar-refractivity contribution in [3.8, 4) is 0 Å². The zero-order chi connectivity index (χ0) is 13.4. The molecule has 1 aromatic rings. The Labute approximate surface area is 124 Å². The molecule has 0 radical (unpaired) electrons. The molecule has 0 saturated heterocycles. The molecule has 0 N–H and O–H groups in total. The van der Waals surface area contributed by atoms with Crippen molar-refractivity contribution in [3.63, 3.8) is 0 Å². The lowest BCUT2D eigenvalue weighted by Gasteiger charge is -2.22. The second kappa shape index (κ2) is 5.55. The van der Waals surface area contributed by atoms with Gasteiger partial charge in [0.25, 0.3) is 0 Å². The van der Waals surface area contributed by atoms with E-state index in [1.54, 1.807) is 0 Å². The zero-order valence-corrected chi connectivity index (χ0v) is 13.6. The monoisotopic (exact) mass is 325 g/mol. The summed E-state index contributed by atoms with van der Waals surface area (Å²) in [6, 6.07) is 0. The predicted octanol–water partition coefficient (Wildman–Crippen LogP) is 3.81. The minimum atomic E-state index is 0.646. The second-order valence-corrected chi connectivity index (χ2v) is 7.37. The Morgan fingerprint density at radius 2 is 2.00 bits per heavy atom. The summed E-state index contributed by atoms with van der Waals surface area (Å²) >= 11 is 3.53. The predicted molar refractivity (Wildman–Crippen MR) is 80.1 cm³/mol. The van der Waals surface area contributed by atoms with Crippen molar-refractivity contribution in [2.75, 3.05) is 0 Å². The number of halogens is 1. The molecule has 106 valence electrons. The molecule has 3 unspecified atom stereocenters. The summed E-state index contributed by atoms with van der Waals surface area (Å²) in [4.78, 5) is 0. The van der Waals surface area contributed by atoms with E-state index in [-0.39, 0.29) is 0 Å². The second-order valence-electron chi connectivity index (χ2n) is 6.81. The molecular weight excluding hydrogens is 302 g/mol. The number of fused-ring (bicyclic) bond motifs is 2. The third-order valence-electron chi connectivity index (χ3n) is 4.90. The molecule has 3 rings (SSSR count). The first-order valence-electron chi connectivity index (χ1n) is 7.64. The van der Waals surface area contributed by atoms with E-state index in [0.717, 1.165) is 41.9 Å². The van der Waals surface area contributed by atoms with Crippen molar-refractivity contribution < 1.29 is 0 Å². The summed E-state index contributed by atoms with van der Waals surface area (Å²) in [5.74, 6) is 5.82. The van der Waals surface area contributed by atoms with Gasteiger partial charge in [-0.1, -0.05) is 36.2 Å². The van der Waals surface area contributed by atoms with E-state index in [2.05, 4.69) is 44.5 Å². The number of rotatable bonds is 5. The Hall–Kier alpha value is -0.380. The van der Waals surface area contributed by atoms with Crippen LogP contribution in [0.5, 0.6) is 0 Å². The number of hydrogen-bond donors (Lipinski definition) is 0. The fourth-order valence-corrected chi connectivity index (χ4v) is 4.47. The van der Waals surface area contributed by atoms with Crippen molar-refractivity contribution in [2.24, 2.45) is 23.7 Å². The van der Waals surface area contributed by atoms with Crippen molar-refractivity contribution in [2.45, 2.75) is 57.8 Å². The molecule has 4 heteroatoms. The smallest absolute Gasteiger partial charge is 0.143 e. The average Bonchev–Trinajstić information content (AvgIpc) is 3.05. The van der Waals surface area contributed by atoms with Crippen LogP contribution in [0.25, 0.3) is 0 Å². The number of nitrogens with zero attached hydrogens (tertiary/aromatic N) is 3. The lowest BCUT2D eigenvalue weighted by atomic mass is 9.86. The quantitative estimate of drug-likeness (QED) is 0.771. The number of alkyl halides is 1. The van der Waals surface area contributed by atoms with Crippen molar-refractivity contribution in [1.29, 1.82) is 0 Å². The maximum atomic E-state index is 4.47. The van der Waals surface area contributed by atoms with Crippen LogP contribution in [0.4, 0.5) is 0 Å². The molecule has 2 aliphatic rings. The highest BCUT2D eigenvalue weighted by molar-refractivity contribution is 9.08. The molecule has 1 heterocycles. The SMILES string of the molecule is CC(C)Cn1c(CBr)nnc1CC1CC2CCC1C2. The van der Waals surface area contributed by atoms with Crippen molar-refractivity contribution >= 4 is 15.9 Å². The number of aromatic nitrogens is 3. The topological polar surface area (TPSA) is 30.7 Å². The molecule has 2 bridgehead atoms. The van der Waals surface area contributed by atoms with Crippen LogP contribution in [-0.4, -0.2) is 14.8 Å². The summed E-state index contributed by atoms with van der Waals surface area (Å²) in [5.41, 5.74) is 0. The summed E-state index contributed by atoms with van der Waals surface area (Å²) < 4.78 is 2.35. The van der Waals surface area contributed by atoms with E-state index in [9.17, 15) is 0 Å². The molecule has 2 aliphatic carbocycles. The van der Waals surface area contributed by atoms with Gasteiger partial charge < -0.3 is 4.57 Å². The van der Waals surface area contributed by atoms with Crippen molar-refractivity contribution in [3.05, 3.63) is 11.6 Å². The molecule has 0 aliphatic heterocycles. The molecule has 19 heavy (non-hydrogen) atoms. The lowest BCUT2D eigenvalue weighted by molar-refractivity contribution is 0.321. The van der Waals surface area contributed by atoms with Gasteiger partial charge in [0.05, 0.1) is 5.33 Å². The van der Waals surface area contributed by atoms with Gasteiger partial charge in [0, 0.05) is 13.0 Å². The van der Waals surface area contributed by atoms with Gasteiger partial charge in [-0.2, -0.15) is 0 Å². The molecule has 0 amide bonds. The van der Waals surface area contributed by atoms with Gasteiger partial charge in [0.2, 0.25) is 0 Å². The van der Waals surface area contributed by atoms with Crippen LogP contribution in [-0.2, 0) is 18.3 Å². The Kier molecular flexibility index (Phi) is 3.97. The Bertz CT molecular complexity index is 441. The molecule has 2 fully saturated rings. The first kappa shape index (κ1) is 13.6. The van der Waals surface area contributed by atoms with E-state index in [1.165, 1.54) is 31.5 Å². The van der Waals surface area contributed by atoms with Crippen molar-refractivity contribution in [1.82, 2.24) is 14.8 Å². The summed E-state index contributed by atoms with van der Waals surface area (Å²) in [5, 5.41) is 9.64. The molecule has 3 atom stereocenters. The van der Waals surface area contributed by atoms with Gasteiger partial charge in [0.1, 0.15) is 11.6 Å². The van der Waals surface area contributed by atoms with Crippen LogP contribution < -0.4 is 0 Å². The Morgan fingerprint density at radius 3 is 2.58 bits per heavy atom. The van der Waals surface area contributed by atoms with Gasteiger partial charge in [-0.15, -0.1) is 10.2 Å². The van der Waals surface area contributed by atoms with Gasteiger partial charge in [0.15, 0.2) is 0 Å². The minimum absolute atomic E-state index is 0.646. The third-order valence-corrected chi connectivity index (χ3v) is 5.40. The van der Waals surface area contributed by atoms with E-state index >= 15 is 0 Å². The van der Waals surface area contributed by atoms with Crippen LogP contribution in [0.3, 0.4) is 0 Å². The Morgan fingerprint density at radius 1 is 1.21 bits per heavy atom. The average molecular weight is 326 g/mol. The zero-order valence-electron chi connectivity index (χ0n) is 12.0. The Balaban J connectivity index is 1.75. The third kappa shape index (κ3) is 2.74. The molecule has 1 aromatic heterocycles.